The Balaban J connectivity index is 2.34. The Bertz CT molecular complexity index is 317. The Kier molecular flexibility index (Phi) is 2.60. The summed E-state index contributed by atoms with van der Waals surface area (Å²) >= 11 is 0. The molecule has 0 fully saturated rings. The fraction of sp³-hybridized carbons (Fsp3) is 0.538. The van der Waals surface area contributed by atoms with Crippen molar-refractivity contribution in [2.75, 3.05) is 0 Å². The van der Waals surface area contributed by atoms with Crippen LogP contribution in [0.25, 0.3) is 0 Å². The molecule has 0 amide bonds. The summed E-state index contributed by atoms with van der Waals surface area (Å²) in [5.74, 6) is 0. The van der Waals surface area contributed by atoms with Crippen molar-refractivity contribution in [2.24, 2.45) is 0 Å². The van der Waals surface area contributed by atoms with Crippen LogP contribution >= 0.6 is 0 Å². The zero-order valence-electron chi connectivity index (χ0n) is 9.33. The third kappa shape index (κ3) is 1.46. The molecule has 1 aromatic rings. The minimum absolute atomic E-state index is 0.645. The lowest BCUT2D eigenvalue weighted by molar-refractivity contribution is 0.164. The van der Waals surface area contributed by atoms with Crippen LogP contribution in [-0.2, 0) is 6.54 Å². The maximum absolute atomic E-state index is 2.59. The number of rotatable bonds is 2. The van der Waals surface area contributed by atoms with E-state index in [0.29, 0.717) is 12.1 Å². The second-order valence-corrected chi connectivity index (χ2v) is 4.39. The molecule has 0 spiro atoms. The Labute approximate surface area is 86.7 Å². The highest BCUT2D eigenvalue weighted by Crippen LogP contribution is 2.36. The van der Waals surface area contributed by atoms with E-state index in [9.17, 15) is 0 Å². The van der Waals surface area contributed by atoms with E-state index in [1.165, 1.54) is 12.0 Å². The zero-order valence-corrected chi connectivity index (χ0v) is 9.33. The number of nitrogens with zero attached hydrogens (tertiary/aromatic N) is 1. The summed E-state index contributed by atoms with van der Waals surface area (Å²) in [5, 5.41) is 0. The lowest BCUT2D eigenvalue weighted by Gasteiger charge is -2.27. The highest BCUT2D eigenvalue weighted by molar-refractivity contribution is 5.34. The van der Waals surface area contributed by atoms with Crippen LogP contribution in [0, 0.1) is 0 Å². The van der Waals surface area contributed by atoms with Gasteiger partial charge >= 0.3 is 0 Å². The first-order valence-corrected chi connectivity index (χ1v) is 5.57. The van der Waals surface area contributed by atoms with Crippen LogP contribution in [0.4, 0.5) is 0 Å². The molecule has 1 aromatic carbocycles. The van der Waals surface area contributed by atoms with Crippen molar-refractivity contribution < 1.29 is 0 Å². The van der Waals surface area contributed by atoms with E-state index in [2.05, 4.69) is 49.9 Å². The molecule has 2 rings (SSSR count). The first-order chi connectivity index (χ1) is 6.74. The van der Waals surface area contributed by atoms with E-state index >= 15 is 0 Å². The Hall–Kier alpha value is -0.820. The monoisotopic (exact) mass is 189 g/mol. The van der Waals surface area contributed by atoms with Crippen molar-refractivity contribution in [2.45, 2.75) is 45.8 Å². The predicted octanol–water partition coefficient (Wildman–Crippen LogP) is 3.36. The first-order valence-electron chi connectivity index (χ1n) is 5.57. The van der Waals surface area contributed by atoms with Gasteiger partial charge in [-0.05, 0) is 31.4 Å². The van der Waals surface area contributed by atoms with Crippen LogP contribution in [0.3, 0.4) is 0 Å². The molecule has 76 valence electrons. The van der Waals surface area contributed by atoms with Gasteiger partial charge in [-0.2, -0.15) is 0 Å². The van der Waals surface area contributed by atoms with Gasteiger partial charge < -0.3 is 0 Å². The molecule has 0 radical (unpaired) electrons. The highest BCUT2D eigenvalue weighted by atomic mass is 15.2. The lowest BCUT2D eigenvalue weighted by Crippen LogP contribution is -2.28. The number of fused-ring (bicyclic) bond motifs is 1. The minimum Gasteiger partial charge on any atom is -0.290 e. The summed E-state index contributed by atoms with van der Waals surface area (Å²) in [7, 11) is 0. The third-order valence-corrected chi connectivity index (χ3v) is 3.22. The molecule has 14 heavy (non-hydrogen) atoms. The second-order valence-electron chi connectivity index (χ2n) is 4.39. The van der Waals surface area contributed by atoms with Gasteiger partial charge in [-0.15, -0.1) is 0 Å². The van der Waals surface area contributed by atoms with Crippen LogP contribution < -0.4 is 0 Å². The molecule has 0 bridgehead atoms. The number of benzene rings is 1. The van der Waals surface area contributed by atoms with E-state index in [1.807, 2.05) is 0 Å². The third-order valence-electron chi connectivity index (χ3n) is 3.22. The summed E-state index contributed by atoms with van der Waals surface area (Å²) in [5.41, 5.74) is 3.07. The fourth-order valence-corrected chi connectivity index (χ4v) is 2.49. The molecule has 0 aromatic heterocycles. The number of hydrogen-bond donors (Lipinski definition) is 0. The van der Waals surface area contributed by atoms with Crippen LogP contribution in [0.15, 0.2) is 24.3 Å². The Morgan fingerprint density at radius 3 is 2.71 bits per heavy atom. The molecule has 1 aliphatic heterocycles. The molecule has 1 unspecified atom stereocenters. The van der Waals surface area contributed by atoms with Crippen molar-refractivity contribution in [1.82, 2.24) is 4.90 Å². The maximum Gasteiger partial charge on any atom is 0.0354 e. The van der Waals surface area contributed by atoms with Gasteiger partial charge in [0.2, 0.25) is 0 Å². The van der Waals surface area contributed by atoms with Crippen molar-refractivity contribution in [3.05, 3.63) is 35.4 Å². The summed E-state index contributed by atoms with van der Waals surface area (Å²) < 4.78 is 0. The van der Waals surface area contributed by atoms with Crippen LogP contribution in [0.1, 0.15) is 44.4 Å². The minimum atomic E-state index is 0.645. The van der Waals surface area contributed by atoms with Crippen molar-refractivity contribution in [3.63, 3.8) is 0 Å². The van der Waals surface area contributed by atoms with Gasteiger partial charge in [0.25, 0.3) is 0 Å². The van der Waals surface area contributed by atoms with Crippen LogP contribution in [0.5, 0.6) is 0 Å². The fourth-order valence-electron chi connectivity index (χ4n) is 2.49. The smallest absolute Gasteiger partial charge is 0.0354 e. The molecule has 1 nitrogen and oxygen atoms in total. The SMILES string of the molecule is CCC1c2ccccc2CN1C(C)C. The van der Waals surface area contributed by atoms with Gasteiger partial charge in [0, 0.05) is 18.6 Å². The summed E-state index contributed by atoms with van der Waals surface area (Å²) in [6.07, 6.45) is 1.22. The highest BCUT2D eigenvalue weighted by Gasteiger charge is 2.29. The average molecular weight is 189 g/mol. The van der Waals surface area contributed by atoms with Gasteiger partial charge in [0.1, 0.15) is 0 Å². The maximum atomic E-state index is 2.59. The van der Waals surface area contributed by atoms with E-state index < -0.39 is 0 Å². The molecule has 0 saturated carbocycles. The average Bonchev–Trinajstić information content (AvgIpc) is 2.56. The molecule has 1 aliphatic rings. The molecular formula is C13H19N. The molecule has 0 saturated heterocycles. The van der Waals surface area contributed by atoms with Crippen LogP contribution in [-0.4, -0.2) is 10.9 Å². The molecule has 1 heterocycles. The first kappa shape index (κ1) is 9.72. The summed E-state index contributed by atoms with van der Waals surface area (Å²) in [6.45, 7) is 7.98. The van der Waals surface area contributed by atoms with Gasteiger partial charge in [0.15, 0.2) is 0 Å². The van der Waals surface area contributed by atoms with Gasteiger partial charge in [-0.3, -0.25) is 4.90 Å². The number of hydrogen-bond acceptors (Lipinski definition) is 1. The quantitative estimate of drug-likeness (QED) is 0.689. The Morgan fingerprint density at radius 2 is 2.07 bits per heavy atom. The van der Waals surface area contributed by atoms with Crippen molar-refractivity contribution in [3.8, 4) is 0 Å². The van der Waals surface area contributed by atoms with E-state index in [4.69, 9.17) is 0 Å². The van der Waals surface area contributed by atoms with E-state index in [0.717, 1.165) is 6.54 Å². The standard InChI is InChI=1S/C13H19N/c1-4-13-12-8-6-5-7-11(12)9-14(13)10(2)3/h5-8,10,13H,4,9H2,1-3H3. The largest absolute Gasteiger partial charge is 0.290 e. The van der Waals surface area contributed by atoms with Gasteiger partial charge in [-0.1, -0.05) is 31.2 Å². The second kappa shape index (κ2) is 3.74. The van der Waals surface area contributed by atoms with Gasteiger partial charge in [-0.25, -0.2) is 0 Å². The normalized spacial score (nSPS) is 21.6. The molecule has 1 atom stereocenters. The molecule has 1 heteroatoms. The molecule has 0 aliphatic carbocycles. The summed E-state index contributed by atoms with van der Waals surface area (Å²) in [4.78, 5) is 2.59. The van der Waals surface area contributed by atoms with E-state index in [1.54, 1.807) is 5.56 Å². The summed E-state index contributed by atoms with van der Waals surface area (Å²) in [6, 6.07) is 10.1. The zero-order chi connectivity index (χ0) is 10.1. The predicted molar refractivity (Wildman–Crippen MR) is 60.2 cm³/mol. The van der Waals surface area contributed by atoms with Crippen LogP contribution in [0.2, 0.25) is 0 Å². The molecular weight excluding hydrogens is 170 g/mol. The van der Waals surface area contributed by atoms with Crippen molar-refractivity contribution >= 4 is 0 Å². The van der Waals surface area contributed by atoms with Crippen molar-refractivity contribution in [1.29, 1.82) is 0 Å². The topological polar surface area (TPSA) is 3.24 Å². The Morgan fingerprint density at radius 1 is 1.36 bits per heavy atom. The molecule has 0 N–H and O–H groups in total. The van der Waals surface area contributed by atoms with Gasteiger partial charge in [0.05, 0.1) is 0 Å². The van der Waals surface area contributed by atoms with E-state index in [-0.39, 0.29) is 0 Å². The lowest BCUT2D eigenvalue weighted by atomic mass is 10.0.